The number of nitrogens with zero attached hydrogens (tertiary/aromatic N) is 1. The highest BCUT2D eigenvalue weighted by atomic mass is 79.9. The number of nitriles is 1. The number of allylic oxidation sites excluding steroid dienone is 2. The van der Waals surface area contributed by atoms with Crippen molar-refractivity contribution in [3.63, 3.8) is 0 Å². The Balaban J connectivity index is 2.16. The average molecular weight is 477 g/mol. The van der Waals surface area contributed by atoms with Crippen LogP contribution in [0.2, 0.25) is 0 Å². The maximum absolute atomic E-state index is 14.0. The van der Waals surface area contributed by atoms with Crippen molar-refractivity contribution in [2.75, 3.05) is 0 Å². The fraction of sp³-hybridized carbons (Fsp3) is 0.444. The Morgan fingerprint density at radius 3 is 2.32 bits per heavy atom. The molecule has 1 aromatic rings. The first-order valence-electron chi connectivity index (χ1n) is 7.60. The molecule has 3 nitrogen and oxygen atoms in total. The number of esters is 1. The molecule has 0 saturated heterocycles. The summed E-state index contributed by atoms with van der Waals surface area (Å²) in [6, 6.07) is 2.04. The lowest BCUT2D eigenvalue weighted by atomic mass is 10.1. The smallest absolute Gasteiger partial charge is 0.310 e. The number of rotatable bonds is 4. The number of carbonyl (C=O) groups is 1. The molecule has 0 radical (unpaired) electrons. The molecule has 0 amide bonds. The summed E-state index contributed by atoms with van der Waals surface area (Å²) in [7, 11) is 0. The summed E-state index contributed by atoms with van der Waals surface area (Å²) < 4.78 is 33.5. The van der Waals surface area contributed by atoms with Gasteiger partial charge in [0.1, 0.15) is 18.2 Å². The Morgan fingerprint density at radius 2 is 1.84 bits per heavy atom. The summed E-state index contributed by atoms with van der Waals surface area (Å²) in [5.41, 5.74) is 0.316. The van der Waals surface area contributed by atoms with Gasteiger partial charge in [0, 0.05) is 16.7 Å². The number of benzene rings is 1. The van der Waals surface area contributed by atoms with Gasteiger partial charge in [-0.2, -0.15) is 5.26 Å². The first kappa shape index (κ1) is 20.1. The highest BCUT2D eigenvalue weighted by molar-refractivity contribution is 9.11. The summed E-state index contributed by atoms with van der Waals surface area (Å²) >= 11 is 6.17. The molecule has 25 heavy (non-hydrogen) atoms. The fourth-order valence-electron chi connectivity index (χ4n) is 2.89. The van der Waals surface area contributed by atoms with Crippen LogP contribution in [-0.4, -0.2) is 5.97 Å². The molecule has 0 heterocycles. The van der Waals surface area contributed by atoms with Gasteiger partial charge in [-0.3, -0.25) is 4.79 Å². The van der Waals surface area contributed by atoms with Gasteiger partial charge in [-0.15, -0.1) is 0 Å². The van der Waals surface area contributed by atoms with E-state index in [0.29, 0.717) is 5.57 Å². The van der Waals surface area contributed by atoms with Crippen LogP contribution in [0.15, 0.2) is 20.6 Å². The molecule has 0 aliphatic heterocycles. The Kier molecular flexibility index (Phi) is 5.75. The highest BCUT2D eigenvalue weighted by Gasteiger charge is 2.61. The first-order chi connectivity index (χ1) is 11.5. The number of carbonyl (C=O) groups excluding carboxylic acids is 1. The van der Waals surface area contributed by atoms with E-state index in [-0.39, 0.29) is 43.9 Å². The van der Waals surface area contributed by atoms with E-state index in [1.807, 2.05) is 19.9 Å². The molecule has 2 rings (SSSR count). The Morgan fingerprint density at radius 1 is 1.32 bits per heavy atom. The molecule has 1 aliphatic carbocycles. The second-order valence-corrected chi connectivity index (χ2v) is 8.34. The van der Waals surface area contributed by atoms with Crippen molar-refractivity contribution in [2.24, 2.45) is 17.3 Å². The van der Waals surface area contributed by atoms with E-state index >= 15 is 0 Å². The van der Waals surface area contributed by atoms with Crippen molar-refractivity contribution in [1.82, 2.24) is 0 Å². The van der Waals surface area contributed by atoms with Crippen LogP contribution in [0.3, 0.4) is 0 Å². The van der Waals surface area contributed by atoms with Crippen molar-refractivity contribution in [3.05, 3.63) is 43.4 Å². The molecule has 1 aromatic carbocycles. The molecule has 0 aromatic heterocycles. The number of halogens is 4. The largest absolute Gasteiger partial charge is 0.460 e. The number of hydrogen-bond donors (Lipinski definition) is 0. The Bertz CT molecular complexity index is 783. The number of hydrogen-bond acceptors (Lipinski definition) is 3. The third-order valence-corrected chi connectivity index (χ3v) is 6.36. The molecule has 0 bridgehead atoms. The monoisotopic (exact) mass is 475 g/mol. The summed E-state index contributed by atoms with van der Waals surface area (Å²) in [5, 5.41) is 8.88. The molecule has 0 N–H and O–H groups in total. The lowest BCUT2D eigenvalue weighted by Crippen LogP contribution is -2.12. The average Bonchev–Trinajstić information content (AvgIpc) is 3.10. The van der Waals surface area contributed by atoms with Crippen LogP contribution in [0, 0.1) is 47.1 Å². The van der Waals surface area contributed by atoms with Gasteiger partial charge in [-0.05, 0) is 57.0 Å². The SMILES string of the molecule is CC(C#N)=C[C@@H]1[C@@H](C(=O)OCc2c(Br)c(F)c(C)c(F)c2Br)C1(C)C. The fourth-order valence-corrected chi connectivity index (χ4v) is 4.38. The van der Waals surface area contributed by atoms with Crippen molar-refractivity contribution in [2.45, 2.75) is 34.3 Å². The quantitative estimate of drug-likeness (QED) is 0.323. The van der Waals surface area contributed by atoms with E-state index in [9.17, 15) is 13.6 Å². The zero-order valence-corrected chi connectivity index (χ0v) is 17.4. The molecular weight excluding hydrogens is 460 g/mol. The van der Waals surface area contributed by atoms with Crippen LogP contribution in [0.5, 0.6) is 0 Å². The molecule has 1 saturated carbocycles. The summed E-state index contributed by atoms with van der Waals surface area (Å²) in [6.07, 6.45) is 1.77. The van der Waals surface area contributed by atoms with E-state index < -0.39 is 17.6 Å². The van der Waals surface area contributed by atoms with Crippen molar-refractivity contribution in [1.29, 1.82) is 5.26 Å². The van der Waals surface area contributed by atoms with Crippen LogP contribution >= 0.6 is 31.9 Å². The molecule has 1 fully saturated rings. The third kappa shape index (κ3) is 3.65. The van der Waals surface area contributed by atoms with Crippen LogP contribution in [0.4, 0.5) is 8.78 Å². The van der Waals surface area contributed by atoms with Gasteiger partial charge in [0.25, 0.3) is 0 Å². The normalized spacial score (nSPS) is 21.6. The van der Waals surface area contributed by atoms with Gasteiger partial charge < -0.3 is 4.74 Å². The van der Waals surface area contributed by atoms with Gasteiger partial charge in [-0.1, -0.05) is 19.9 Å². The molecule has 0 unspecified atom stereocenters. The highest BCUT2D eigenvalue weighted by Crippen LogP contribution is 2.59. The maximum Gasteiger partial charge on any atom is 0.310 e. The molecule has 7 heteroatoms. The van der Waals surface area contributed by atoms with E-state index in [4.69, 9.17) is 10.00 Å². The van der Waals surface area contributed by atoms with Gasteiger partial charge in [0.2, 0.25) is 0 Å². The van der Waals surface area contributed by atoms with Crippen molar-refractivity contribution < 1.29 is 18.3 Å². The van der Waals surface area contributed by atoms with Crippen LogP contribution in [0.1, 0.15) is 31.9 Å². The standard InChI is InChI=1S/C18H17Br2F2NO2/c1-8(6-23)5-11-12(18(11,3)4)17(24)25-7-10-13(19)15(21)9(2)16(22)14(10)20/h5,11-12H,7H2,1-4H3/t11-,12+/m1/s1. The molecule has 2 atom stereocenters. The van der Waals surface area contributed by atoms with Gasteiger partial charge in [0.05, 0.1) is 20.9 Å². The zero-order chi connectivity index (χ0) is 19.1. The van der Waals surface area contributed by atoms with Crippen molar-refractivity contribution >= 4 is 37.8 Å². The van der Waals surface area contributed by atoms with E-state index in [1.165, 1.54) is 6.92 Å². The third-order valence-electron chi connectivity index (χ3n) is 4.70. The number of ether oxygens (including phenoxy) is 1. The predicted octanol–water partition coefficient (Wildman–Crippen LogP) is 5.58. The van der Waals surface area contributed by atoms with Gasteiger partial charge in [0.15, 0.2) is 0 Å². The minimum Gasteiger partial charge on any atom is -0.460 e. The minimum absolute atomic E-state index is 0.0675. The van der Waals surface area contributed by atoms with Gasteiger partial charge >= 0.3 is 5.97 Å². The lowest BCUT2D eigenvalue weighted by molar-refractivity contribution is -0.147. The second kappa shape index (κ2) is 7.16. The first-order valence-corrected chi connectivity index (χ1v) is 9.19. The molecular formula is C18H17Br2F2NO2. The van der Waals surface area contributed by atoms with E-state index in [2.05, 4.69) is 31.9 Å². The van der Waals surface area contributed by atoms with E-state index in [0.717, 1.165) is 0 Å². The maximum atomic E-state index is 14.0. The summed E-state index contributed by atoms with van der Waals surface area (Å²) in [6.45, 7) is 6.60. The molecule has 134 valence electrons. The molecule has 1 aliphatic rings. The predicted molar refractivity (Wildman–Crippen MR) is 96.4 cm³/mol. The lowest BCUT2D eigenvalue weighted by Gasteiger charge is -2.13. The van der Waals surface area contributed by atoms with Crippen LogP contribution in [0.25, 0.3) is 0 Å². The van der Waals surface area contributed by atoms with E-state index in [1.54, 1.807) is 13.0 Å². The topological polar surface area (TPSA) is 50.1 Å². The van der Waals surface area contributed by atoms with Crippen LogP contribution in [-0.2, 0) is 16.1 Å². The van der Waals surface area contributed by atoms with Crippen LogP contribution < -0.4 is 0 Å². The Labute approximate surface area is 162 Å². The second-order valence-electron chi connectivity index (χ2n) is 6.75. The van der Waals surface area contributed by atoms with Gasteiger partial charge in [-0.25, -0.2) is 8.78 Å². The Hall–Kier alpha value is -1.26. The summed E-state index contributed by atoms with van der Waals surface area (Å²) in [5.74, 6) is -2.35. The van der Waals surface area contributed by atoms with Crippen molar-refractivity contribution in [3.8, 4) is 6.07 Å². The summed E-state index contributed by atoms with van der Waals surface area (Å²) in [4.78, 5) is 12.4. The molecule has 0 spiro atoms. The zero-order valence-electron chi connectivity index (χ0n) is 14.2. The minimum atomic E-state index is -0.719.